The molecule has 0 aliphatic heterocycles. The van der Waals surface area contributed by atoms with Crippen molar-refractivity contribution in [1.82, 2.24) is 0 Å². The molecule has 0 aromatic heterocycles. The Morgan fingerprint density at radius 1 is 1.43 bits per heavy atom. The number of hydrogen-bond acceptors (Lipinski definition) is 2. The van der Waals surface area contributed by atoms with E-state index in [-0.39, 0.29) is 0 Å². The molecule has 44 valence electrons. The minimum atomic E-state index is -2.57. The molecule has 0 N–H and O–H groups in total. The summed E-state index contributed by atoms with van der Waals surface area (Å²) in [7, 11) is 1.65. The van der Waals surface area contributed by atoms with Gasteiger partial charge in [0.15, 0.2) is 0 Å². The fourth-order valence-electron chi connectivity index (χ4n) is 0.146. The van der Waals surface area contributed by atoms with Crippen LogP contribution >= 0.6 is 21.6 Å². The minimum Gasteiger partial charge on any atom is -0.194 e. The third-order valence-corrected chi connectivity index (χ3v) is 2.07. The van der Waals surface area contributed by atoms with Gasteiger partial charge in [0.1, 0.15) is 0 Å². The van der Waals surface area contributed by atoms with Crippen LogP contribution in [0.1, 0.15) is 6.92 Å². The highest BCUT2D eigenvalue weighted by atomic mass is 33.1. The number of hydrogen-bond donors (Lipinski definition) is 0. The molecule has 0 bridgehead atoms. The fraction of sp³-hybridized carbons (Fsp3) is 1.00. The van der Waals surface area contributed by atoms with Crippen molar-refractivity contribution in [2.75, 3.05) is 6.26 Å². The van der Waals surface area contributed by atoms with E-state index in [9.17, 15) is 8.78 Å². The molecule has 0 unspecified atom stereocenters. The lowest BCUT2D eigenvalue weighted by molar-refractivity contribution is 0.131. The fourth-order valence-corrected chi connectivity index (χ4v) is 1.32. The van der Waals surface area contributed by atoms with Crippen molar-refractivity contribution in [1.29, 1.82) is 0 Å². The zero-order chi connectivity index (χ0) is 5.91. The van der Waals surface area contributed by atoms with Crippen molar-refractivity contribution < 1.29 is 8.78 Å². The predicted octanol–water partition coefficient (Wildman–Crippen LogP) is 2.61. The molecule has 0 fully saturated rings. The highest BCUT2D eigenvalue weighted by molar-refractivity contribution is 8.76. The van der Waals surface area contributed by atoms with E-state index < -0.39 is 5.25 Å². The first kappa shape index (κ1) is 7.56. The van der Waals surface area contributed by atoms with Gasteiger partial charge < -0.3 is 0 Å². The largest absolute Gasteiger partial charge is 0.300 e. The van der Waals surface area contributed by atoms with Gasteiger partial charge in [0.2, 0.25) is 0 Å². The first-order chi connectivity index (χ1) is 3.06. The zero-order valence-electron chi connectivity index (χ0n) is 4.07. The monoisotopic (exact) mass is 144 g/mol. The maximum atomic E-state index is 11.7. The molecule has 0 nitrogen and oxygen atoms in total. The summed E-state index contributed by atoms with van der Waals surface area (Å²) in [6, 6.07) is 0. The Kier molecular flexibility index (Phi) is 2.99. The molecule has 0 rings (SSSR count). The van der Waals surface area contributed by atoms with E-state index in [1.54, 1.807) is 6.26 Å². The lowest BCUT2D eigenvalue weighted by Crippen LogP contribution is -1.98. The Bertz CT molecular complexity index is 49.4. The van der Waals surface area contributed by atoms with Crippen molar-refractivity contribution in [3.8, 4) is 0 Å². The predicted molar refractivity (Wildman–Crippen MR) is 31.7 cm³/mol. The van der Waals surface area contributed by atoms with Crippen LogP contribution in [0.5, 0.6) is 0 Å². The van der Waals surface area contributed by atoms with Crippen LogP contribution in [0.3, 0.4) is 0 Å². The van der Waals surface area contributed by atoms with Crippen molar-refractivity contribution >= 4 is 21.6 Å². The maximum Gasteiger partial charge on any atom is 0.300 e. The van der Waals surface area contributed by atoms with E-state index in [2.05, 4.69) is 0 Å². The van der Waals surface area contributed by atoms with Gasteiger partial charge in [0, 0.05) is 6.92 Å². The standard InChI is InChI=1S/C3H6F2S2/c1-3(4,5)7-6-2/h1-2H3. The van der Waals surface area contributed by atoms with Gasteiger partial charge in [-0.3, -0.25) is 0 Å². The molecule has 0 aromatic carbocycles. The van der Waals surface area contributed by atoms with Crippen LogP contribution in [-0.2, 0) is 0 Å². The molecule has 7 heavy (non-hydrogen) atoms. The Morgan fingerprint density at radius 2 is 1.86 bits per heavy atom. The van der Waals surface area contributed by atoms with Gasteiger partial charge >= 0.3 is 5.25 Å². The zero-order valence-corrected chi connectivity index (χ0v) is 5.71. The Labute approximate surface area is 49.4 Å². The molecule has 0 spiro atoms. The van der Waals surface area contributed by atoms with Gasteiger partial charge in [0.05, 0.1) is 0 Å². The summed E-state index contributed by atoms with van der Waals surface area (Å²) >= 11 is 0. The molecule has 0 saturated carbocycles. The molecule has 0 atom stereocenters. The van der Waals surface area contributed by atoms with Gasteiger partial charge in [0.25, 0.3) is 0 Å². The first-order valence-electron chi connectivity index (χ1n) is 1.66. The van der Waals surface area contributed by atoms with E-state index >= 15 is 0 Å². The Balaban J connectivity index is 3.15. The molecule has 0 amide bonds. The van der Waals surface area contributed by atoms with E-state index in [1.807, 2.05) is 0 Å². The van der Waals surface area contributed by atoms with E-state index in [0.29, 0.717) is 10.8 Å². The highest BCUT2D eigenvalue weighted by Crippen LogP contribution is 2.35. The van der Waals surface area contributed by atoms with Crippen molar-refractivity contribution in [2.24, 2.45) is 0 Å². The molecule has 0 radical (unpaired) electrons. The summed E-state index contributed by atoms with van der Waals surface area (Å²) in [5.74, 6) is 0. The number of rotatable bonds is 2. The average molecular weight is 144 g/mol. The third-order valence-electron chi connectivity index (χ3n) is 0.230. The van der Waals surface area contributed by atoms with Crippen molar-refractivity contribution in [2.45, 2.75) is 12.2 Å². The summed E-state index contributed by atoms with van der Waals surface area (Å²) in [4.78, 5) is 0. The van der Waals surface area contributed by atoms with Crippen LogP contribution < -0.4 is 0 Å². The second-order valence-corrected chi connectivity index (χ2v) is 3.77. The minimum absolute atomic E-state index is 0.572. The van der Waals surface area contributed by atoms with E-state index in [4.69, 9.17) is 0 Å². The summed E-state index contributed by atoms with van der Waals surface area (Å²) < 4.78 is 23.3. The van der Waals surface area contributed by atoms with Crippen LogP contribution in [0.15, 0.2) is 0 Å². The second-order valence-electron chi connectivity index (χ2n) is 1.06. The SMILES string of the molecule is CSSC(C)(F)F. The van der Waals surface area contributed by atoms with Crippen LogP contribution in [-0.4, -0.2) is 11.5 Å². The third kappa shape index (κ3) is 6.56. The van der Waals surface area contributed by atoms with Gasteiger partial charge in [-0.25, -0.2) is 0 Å². The molecule has 0 aliphatic rings. The lowest BCUT2D eigenvalue weighted by atomic mass is 10.9. The lowest BCUT2D eigenvalue weighted by Gasteiger charge is -2.03. The Morgan fingerprint density at radius 3 is 1.86 bits per heavy atom. The van der Waals surface area contributed by atoms with Crippen molar-refractivity contribution in [3.63, 3.8) is 0 Å². The van der Waals surface area contributed by atoms with Gasteiger partial charge in [-0.15, -0.1) is 0 Å². The molecule has 0 aromatic rings. The summed E-state index contributed by atoms with van der Waals surface area (Å²) in [6.07, 6.45) is 1.63. The quantitative estimate of drug-likeness (QED) is 0.546. The number of halogens is 2. The summed E-state index contributed by atoms with van der Waals surface area (Å²) in [6.45, 7) is 0.883. The number of alkyl halides is 2. The molecule has 4 heteroatoms. The normalized spacial score (nSPS) is 12.0. The van der Waals surface area contributed by atoms with Crippen molar-refractivity contribution in [3.05, 3.63) is 0 Å². The first-order valence-corrected chi connectivity index (χ1v) is 4.22. The van der Waals surface area contributed by atoms with Crippen LogP contribution in [0, 0.1) is 0 Å². The topological polar surface area (TPSA) is 0 Å². The van der Waals surface area contributed by atoms with Crippen LogP contribution in [0.2, 0.25) is 0 Å². The van der Waals surface area contributed by atoms with Gasteiger partial charge in [-0.05, 0) is 17.0 Å². The van der Waals surface area contributed by atoms with E-state index in [1.165, 1.54) is 0 Å². The highest BCUT2D eigenvalue weighted by Gasteiger charge is 2.20. The summed E-state index contributed by atoms with van der Waals surface area (Å²) in [5.41, 5.74) is 0. The Hall–Kier alpha value is 0.560. The molecular formula is C3H6F2S2. The van der Waals surface area contributed by atoms with Gasteiger partial charge in [-0.2, -0.15) is 8.78 Å². The van der Waals surface area contributed by atoms with Gasteiger partial charge in [-0.1, -0.05) is 10.8 Å². The molecule has 0 heterocycles. The maximum absolute atomic E-state index is 11.7. The van der Waals surface area contributed by atoms with Crippen LogP contribution in [0.25, 0.3) is 0 Å². The molecule has 0 aliphatic carbocycles. The van der Waals surface area contributed by atoms with E-state index in [0.717, 1.165) is 17.7 Å². The average Bonchev–Trinajstić information content (AvgIpc) is 1.30. The smallest absolute Gasteiger partial charge is 0.194 e. The molecule has 0 saturated heterocycles. The summed E-state index contributed by atoms with van der Waals surface area (Å²) in [5, 5.41) is -2.57. The van der Waals surface area contributed by atoms with Crippen LogP contribution in [0.4, 0.5) is 8.78 Å². The second kappa shape index (κ2) is 2.77. The molecular weight excluding hydrogens is 138 g/mol.